The number of hydrogen-bond acceptors (Lipinski definition) is 6. The number of nitriles is 1. The predicted octanol–water partition coefficient (Wildman–Crippen LogP) is 3.75. The Bertz CT molecular complexity index is 1110. The molecule has 0 saturated carbocycles. The first-order chi connectivity index (χ1) is 15.5. The number of carbonyl (C=O) groups is 1. The van der Waals surface area contributed by atoms with Gasteiger partial charge in [-0.3, -0.25) is 4.79 Å². The molecule has 0 unspecified atom stereocenters. The highest BCUT2D eigenvalue weighted by Crippen LogP contribution is 2.36. The van der Waals surface area contributed by atoms with E-state index in [1.807, 2.05) is 6.07 Å². The van der Waals surface area contributed by atoms with E-state index >= 15 is 0 Å². The summed E-state index contributed by atoms with van der Waals surface area (Å²) in [6.45, 7) is -0.129. The normalized spacial score (nSPS) is 11.1. The molecule has 0 aromatic heterocycles. The van der Waals surface area contributed by atoms with E-state index in [0.717, 1.165) is 0 Å². The molecule has 0 aliphatic rings. The Balaban J connectivity index is 1.86. The van der Waals surface area contributed by atoms with Gasteiger partial charge in [0.05, 0.1) is 17.8 Å². The van der Waals surface area contributed by atoms with Crippen LogP contribution in [-0.4, -0.2) is 30.9 Å². The number of rotatable bonds is 8. The molecule has 3 rings (SSSR count). The molecule has 162 valence electrons. The van der Waals surface area contributed by atoms with Crippen molar-refractivity contribution in [3.63, 3.8) is 0 Å². The molecule has 0 atom stereocenters. The van der Waals surface area contributed by atoms with Crippen LogP contribution in [0.4, 0.5) is 0 Å². The fraction of sp³-hybridized carbons (Fsp3) is 0.125. The van der Waals surface area contributed by atoms with Crippen LogP contribution in [0.5, 0.6) is 11.5 Å². The van der Waals surface area contributed by atoms with Crippen LogP contribution in [-0.2, 0) is 10.4 Å². The van der Waals surface area contributed by atoms with E-state index in [-0.39, 0.29) is 6.61 Å². The molecule has 0 radical (unpaired) electrons. The lowest BCUT2D eigenvalue weighted by Gasteiger charge is -2.27. The van der Waals surface area contributed by atoms with Gasteiger partial charge < -0.3 is 14.6 Å². The Hall–Kier alpha value is -3.67. The average Bonchev–Trinajstić information content (AvgIpc) is 2.83. The highest BCUT2D eigenvalue weighted by Gasteiger charge is 2.39. The lowest BCUT2D eigenvalue weighted by molar-refractivity contribution is -0.136. The van der Waals surface area contributed by atoms with E-state index in [0.29, 0.717) is 32.7 Å². The second kappa shape index (κ2) is 10.6. The van der Waals surface area contributed by atoms with E-state index in [4.69, 9.17) is 14.7 Å². The Morgan fingerprint density at radius 3 is 2.28 bits per heavy atom. The second-order valence-electron chi connectivity index (χ2n) is 6.62. The van der Waals surface area contributed by atoms with Gasteiger partial charge >= 0.3 is 0 Å². The van der Waals surface area contributed by atoms with Crippen LogP contribution in [0.2, 0.25) is 0 Å². The highest BCUT2D eigenvalue weighted by atomic mass is 79.9. The third-order valence-electron chi connectivity index (χ3n) is 4.62. The first-order valence-corrected chi connectivity index (χ1v) is 10.3. The molecule has 8 heteroatoms. The van der Waals surface area contributed by atoms with E-state index in [2.05, 4.69) is 26.5 Å². The molecule has 0 saturated heterocycles. The van der Waals surface area contributed by atoms with Crippen molar-refractivity contribution in [1.29, 1.82) is 5.26 Å². The van der Waals surface area contributed by atoms with E-state index in [1.165, 1.54) is 13.3 Å². The Kier molecular flexibility index (Phi) is 7.60. The molecular weight excluding hydrogens is 474 g/mol. The van der Waals surface area contributed by atoms with Crippen LogP contribution >= 0.6 is 15.9 Å². The van der Waals surface area contributed by atoms with E-state index < -0.39 is 11.5 Å². The standard InChI is InChI=1S/C24H20BrN3O4/c1-31-21-15-17(14-20(25)22(21)32-13-12-26)16-27-28-23(29)24(30,18-8-4-2-5-9-18)19-10-6-3-7-11-19/h2-11,14-16,30H,13H2,1H3,(H,28,29)/b27-16-. The van der Waals surface area contributed by atoms with E-state index in [9.17, 15) is 9.90 Å². The number of nitrogens with one attached hydrogen (secondary N) is 1. The van der Waals surface area contributed by atoms with Gasteiger partial charge in [-0.2, -0.15) is 10.4 Å². The first kappa shape index (κ1) is 23.0. The number of ether oxygens (including phenoxy) is 2. The fourth-order valence-corrected chi connectivity index (χ4v) is 3.67. The third kappa shape index (κ3) is 4.97. The number of nitrogens with zero attached hydrogens (tertiary/aromatic N) is 2. The zero-order valence-electron chi connectivity index (χ0n) is 17.2. The van der Waals surface area contributed by atoms with Crippen molar-refractivity contribution in [3.05, 3.63) is 94.0 Å². The smallest absolute Gasteiger partial charge is 0.281 e. The van der Waals surface area contributed by atoms with Gasteiger partial charge in [-0.1, -0.05) is 60.7 Å². The van der Waals surface area contributed by atoms with Crippen molar-refractivity contribution in [2.45, 2.75) is 5.60 Å². The predicted molar refractivity (Wildman–Crippen MR) is 123 cm³/mol. The van der Waals surface area contributed by atoms with Crippen molar-refractivity contribution < 1.29 is 19.4 Å². The maximum atomic E-state index is 13.1. The van der Waals surface area contributed by atoms with Crippen molar-refractivity contribution in [3.8, 4) is 17.6 Å². The maximum Gasteiger partial charge on any atom is 0.281 e. The number of hydrazone groups is 1. The van der Waals surface area contributed by atoms with Crippen molar-refractivity contribution in [1.82, 2.24) is 5.43 Å². The van der Waals surface area contributed by atoms with Crippen molar-refractivity contribution in [2.75, 3.05) is 13.7 Å². The lowest BCUT2D eigenvalue weighted by Crippen LogP contribution is -2.43. The highest BCUT2D eigenvalue weighted by molar-refractivity contribution is 9.10. The quantitative estimate of drug-likeness (QED) is 0.367. The van der Waals surface area contributed by atoms with E-state index in [1.54, 1.807) is 72.8 Å². The van der Waals surface area contributed by atoms with Crippen molar-refractivity contribution >= 4 is 28.1 Å². The first-order valence-electron chi connectivity index (χ1n) is 9.55. The van der Waals surface area contributed by atoms with Gasteiger partial charge in [0, 0.05) is 0 Å². The minimum Gasteiger partial charge on any atom is -0.493 e. The number of carbonyl (C=O) groups excluding carboxylic acids is 1. The molecule has 1 amide bonds. The molecular formula is C24H20BrN3O4. The maximum absolute atomic E-state index is 13.1. The topological polar surface area (TPSA) is 104 Å². The number of halogens is 1. The molecule has 3 aromatic rings. The molecule has 0 fully saturated rings. The molecule has 7 nitrogen and oxygen atoms in total. The number of hydrogen-bond donors (Lipinski definition) is 2. The molecule has 0 spiro atoms. The molecule has 0 bridgehead atoms. The van der Waals surface area contributed by atoms with Crippen LogP contribution in [0.25, 0.3) is 0 Å². The summed E-state index contributed by atoms with van der Waals surface area (Å²) in [5, 5.41) is 24.1. The summed E-state index contributed by atoms with van der Waals surface area (Å²) in [6, 6.07) is 22.6. The minimum atomic E-state index is -1.92. The number of benzene rings is 3. The summed E-state index contributed by atoms with van der Waals surface area (Å²) in [6.07, 6.45) is 1.41. The summed E-state index contributed by atoms with van der Waals surface area (Å²) in [5.41, 5.74) is 1.94. The van der Waals surface area contributed by atoms with Gasteiger partial charge in [0.2, 0.25) is 0 Å². The Labute approximate surface area is 194 Å². The van der Waals surface area contributed by atoms with Crippen LogP contribution in [0.3, 0.4) is 0 Å². The summed E-state index contributed by atoms with van der Waals surface area (Å²) in [7, 11) is 1.48. The van der Waals surface area contributed by atoms with Crippen LogP contribution in [0.1, 0.15) is 16.7 Å². The third-order valence-corrected chi connectivity index (χ3v) is 5.21. The lowest BCUT2D eigenvalue weighted by atomic mass is 9.85. The summed E-state index contributed by atoms with van der Waals surface area (Å²) >= 11 is 3.38. The molecule has 32 heavy (non-hydrogen) atoms. The fourth-order valence-electron chi connectivity index (χ4n) is 3.09. The minimum absolute atomic E-state index is 0.129. The molecule has 0 aliphatic carbocycles. The van der Waals surface area contributed by atoms with Gasteiger partial charge in [-0.25, -0.2) is 5.43 Å². The van der Waals surface area contributed by atoms with Gasteiger partial charge in [-0.05, 0) is 44.8 Å². The molecule has 2 N–H and O–H groups in total. The van der Waals surface area contributed by atoms with Crippen LogP contribution < -0.4 is 14.9 Å². The summed E-state index contributed by atoms with van der Waals surface area (Å²) in [5.74, 6) is 0.0800. The average molecular weight is 494 g/mol. The van der Waals surface area contributed by atoms with Gasteiger partial charge in [-0.15, -0.1) is 0 Å². The molecule has 0 aliphatic heterocycles. The molecule has 3 aromatic carbocycles. The van der Waals surface area contributed by atoms with Gasteiger partial charge in [0.25, 0.3) is 5.91 Å². The Morgan fingerprint density at radius 2 is 1.75 bits per heavy atom. The number of methoxy groups -OCH3 is 1. The van der Waals surface area contributed by atoms with Crippen LogP contribution in [0, 0.1) is 11.3 Å². The SMILES string of the molecule is COc1cc(/C=N\NC(=O)C(O)(c2ccccc2)c2ccccc2)cc(Br)c1OCC#N. The Morgan fingerprint density at radius 1 is 1.16 bits per heavy atom. The monoisotopic (exact) mass is 493 g/mol. The zero-order valence-corrected chi connectivity index (χ0v) is 18.7. The largest absolute Gasteiger partial charge is 0.493 e. The number of aliphatic hydroxyl groups is 1. The van der Waals surface area contributed by atoms with Crippen LogP contribution in [0.15, 0.2) is 82.4 Å². The summed E-state index contributed by atoms with van der Waals surface area (Å²) in [4.78, 5) is 13.1. The van der Waals surface area contributed by atoms with Gasteiger partial charge in [0.15, 0.2) is 23.7 Å². The number of amides is 1. The summed E-state index contributed by atoms with van der Waals surface area (Å²) < 4.78 is 11.2. The van der Waals surface area contributed by atoms with Gasteiger partial charge in [0.1, 0.15) is 6.07 Å². The second-order valence-corrected chi connectivity index (χ2v) is 7.48. The molecule has 0 heterocycles. The van der Waals surface area contributed by atoms with Crippen molar-refractivity contribution in [2.24, 2.45) is 5.10 Å². The zero-order chi connectivity index (χ0) is 23.0.